The van der Waals surface area contributed by atoms with Crippen molar-refractivity contribution in [3.63, 3.8) is 0 Å². The zero-order valence-corrected chi connectivity index (χ0v) is 17.7. The van der Waals surface area contributed by atoms with Crippen LogP contribution in [0, 0.1) is 24.5 Å². The third-order valence-corrected chi connectivity index (χ3v) is 6.07. The summed E-state index contributed by atoms with van der Waals surface area (Å²) in [5.41, 5.74) is -1.11. The zero-order chi connectivity index (χ0) is 26.4. The van der Waals surface area contributed by atoms with E-state index >= 15 is 0 Å². The van der Waals surface area contributed by atoms with Crippen molar-refractivity contribution >= 4 is 5.71 Å². The monoisotopic (exact) mass is 450 g/mol. The molecule has 4 rings (SSSR count). The second-order valence-corrected chi connectivity index (χ2v) is 8.15. The van der Waals surface area contributed by atoms with E-state index in [2.05, 4.69) is 10.1 Å². The highest BCUT2D eigenvalue weighted by Crippen LogP contribution is 2.25. The van der Waals surface area contributed by atoms with E-state index in [-0.39, 0.29) is 55.3 Å². The summed E-state index contributed by atoms with van der Waals surface area (Å²) < 4.78 is 63.5. The van der Waals surface area contributed by atoms with Crippen LogP contribution in [0.5, 0.6) is 0 Å². The molecule has 0 bridgehead atoms. The molecule has 3 heterocycles. The van der Waals surface area contributed by atoms with Crippen LogP contribution in [0.3, 0.4) is 0 Å². The van der Waals surface area contributed by atoms with Crippen LogP contribution in [0.15, 0.2) is 28.1 Å². The number of rotatable bonds is 5. The quantitative estimate of drug-likeness (QED) is 0.415. The molecule has 1 aromatic carbocycles. The molecular formula is C23H28F2N4O3. The lowest BCUT2D eigenvalue weighted by atomic mass is 9.88. The number of hydrogen-bond acceptors (Lipinski definition) is 6. The van der Waals surface area contributed by atoms with E-state index in [1.165, 1.54) is 22.5 Å². The summed E-state index contributed by atoms with van der Waals surface area (Å²) in [6.45, 7) is -0.838. The first-order chi connectivity index (χ1) is 16.9. The summed E-state index contributed by atoms with van der Waals surface area (Å²) >= 11 is 0. The average Bonchev–Trinajstić information content (AvgIpc) is 2.82. The topological polar surface area (TPSA) is 91.0 Å². The summed E-state index contributed by atoms with van der Waals surface area (Å²) in [6, 6.07) is 2.92. The van der Waals surface area contributed by atoms with Gasteiger partial charge in [-0.3, -0.25) is 9.36 Å². The number of nitrogens with zero attached hydrogens (tertiary/aromatic N) is 4. The predicted octanol–water partition coefficient (Wildman–Crippen LogP) is 2.79. The van der Waals surface area contributed by atoms with E-state index in [1.807, 2.05) is 0 Å². The number of aromatic nitrogens is 2. The number of piperidine rings is 1. The van der Waals surface area contributed by atoms with Crippen LogP contribution in [-0.2, 0) is 12.9 Å². The first-order valence-electron chi connectivity index (χ1n) is 12.6. The summed E-state index contributed by atoms with van der Waals surface area (Å²) in [6.07, 6.45) is -2.28. The molecule has 1 saturated heterocycles. The van der Waals surface area contributed by atoms with E-state index in [9.17, 15) is 23.9 Å². The summed E-state index contributed by atoms with van der Waals surface area (Å²) in [5.74, 6) is -1.95. The van der Waals surface area contributed by atoms with Gasteiger partial charge in [-0.2, -0.15) is 0 Å². The Morgan fingerprint density at radius 2 is 2.03 bits per heavy atom. The van der Waals surface area contributed by atoms with E-state index in [0.717, 1.165) is 6.07 Å². The van der Waals surface area contributed by atoms with Gasteiger partial charge in [0.05, 0.1) is 5.71 Å². The van der Waals surface area contributed by atoms with E-state index in [0.29, 0.717) is 18.9 Å². The molecule has 2 N–H and O–H groups in total. The van der Waals surface area contributed by atoms with E-state index in [1.54, 1.807) is 0 Å². The van der Waals surface area contributed by atoms with E-state index in [4.69, 9.17) is 5.48 Å². The Labute approximate surface area is 190 Å². The lowest BCUT2D eigenvalue weighted by Crippen LogP contribution is -2.39. The van der Waals surface area contributed by atoms with Gasteiger partial charge in [0.2, 0.25) is 0 Å². The third-order valence-electron chi connectivity index (χ3n) is 6.07. The number of oxime groups is 1. The first-order valence-corrected chi connectivity index (χ1v) is 10.6. The second kappa shape index (κ2) is 9.46. The van der Waals surface area contributed by atoms with Crippen LogP contribution >= 0.6 is 0 Å². The van der Waals surface area contributed by atoms with Crippen LogP contribution < -0.4 is 5.56 Å². The molecule has 1 aromatic heterocycles. The molecule has 0 aliphatic carbocycles. The number of halogens is 2. The Balaban J connectivity index is 1.58. The minimum atomic E-state index is -2.74. The largest absolute Gasteiger partial charge is 0.411 e. The second-order valence-electron chi connectivity index (χ2n) is 8.15. The van der Waals surface area contributed by atoms with Gasteiger partial charge in [-0.05, 0) is 64.2 Å². The standard InChI is InChI=1S/C23H28F2N4O3/c1-14-17(23(31)29-9-2-3-20(30)22(29)26-14)8-12-28-10-6-15(7-11-28)21(27-32)18-5-4-16(24)13-19(18)25/h4-5,13,15,20,30,32H,2-3,6-12H2,1H3/b27-21-/i8D2,12D2. The van der Waals surface area contributed by atoms with Crippen molar-refractivity contribution in [3.8, 4) is 0 Å². The average molecular weight is 451 g/mol. The Morgan fingerprint density at radius 3 is 2.72 bits per heavy atom. The van der Waals surface area contributed by atoms with Crippen LogP contribution in [0.1, 0.15) is 59.9 Å². The Bertz CT molecular complexity index is 1250. The summed E-state index contributed by atoms with van der Waals surface area (Å²) in [5, 5.41) is 22.9. The number of aliphatic hydroxyl groups is 1. The Morgan fingerprint density at radius 1 is 1.28 bits per heavy atom. The normalized spacial score (nSPS) is 23.1. The molecular weight excluding hydrogens is 418 g/mol. The van der Waals surface area contributed by atoms with Gasteiger partial charge in [-0.1, -0.05) is 5.16 Å². The van der Waals surface area contributed by atoms with Gasteiger partial charge in [-0.15, -0.1) is 0 Å². The highest BCUT2D eigenvalue weighted by molar-refractivity contribution is 6.02. The molecule has 2 aliphatic heterocycles. The van der Waals surface area contributed by atoms with Crippen molar-refractivity contribution in [1.29, 1.82) is 0 Å². The number of aryl methyl sites for hydroxylation is 1. The van der Waals surface area contributed by atoms with Crippen LogP contribution in [-0.4, -0.2) is 50.1 Å². The number of likely N-dealkylation sites (tertiary alicyclic amines) is 1. The maximum atomic E-state index is 14.3. The minimum Gasteiger partial charge on any atom is -0.411 e. The van der Waals surface area contributed by atoms with Gasteiger partial charge >= 0.3 is 0 Å². The van der Waals surface area contributed by atoms with Gasteiger partial charge in [-0.25, -0.2) is 13.8 Å². The van der Waals surface area contributed by atoms with E-state index < -0.39 is 47.6 Å². The van der Waals surface area contributed by atoms with Gasteiger partial charge in [0.15, 0.2) is 0 Å². The van der Waals surface area contributed by atoms with Crippen LogP contribution in [0.4, 0.5) is 8.78 Å². The first kappa shape index (κ1) is 17.9. The molecule has 172 valence electrons. The van der Waals surface area contributed by atoms with Crippen molar-refractivity contribution in [2.75, 3.05) is 19.6 Å². The van der Waals surface area contributed by atoms with Gasteiger partial charge in [0.25, 0.3) is 5.56 Å². The predicted molar refractivity (Wildman–Crippen MR) is 115 cm³/mol. The van der Waals surface area contributed by atoms with Gasteiger partial charge in [0.1, 0.15) is 23.6 Å². The third kappa shape index (κ3) is 4.45. The molecule has 2 aliphatic rings. The molecule has 1 fully saturated rings. The number of fused-ring (bicyclic) bond motifs is 1. The van der Waals surface area contributed by atoms with Gasteiger partial charge < -0.3 is 15.2 Å². The van der Waals surface area contributed by atoms with Crippen LogP contribution in [0.25, 0.3) is 0 Å². The molecule has 0 amide bonds. The molecule has 0 radical (unpaired) electrons. The van der Waals surface area contributed by atoms with Crippen molar-refractivity contribution in [2.24, 2.45) is 11.1 Å². The number of aliphatic hydroxyl groups excluding tert-OH is 1. The highest BCUT2D eigenvalue weighted by Gasteiger charge is 2.28. The Hall–Kier alpha value is -2.65. The summed E-state index contributed by atoms with van der Waals surface area (Å²) in [7, 11) is 0. The Kier molecular flexibility index (Phi) is 5.28. The molecule has 1 atom stereocenters. The number of hydrogen-bond donors (Lipinski definition) is 2. The van der Waals surface area contributed by atoms with Gasteiger partial charge in [0, 0.05) is 47.3 Å². The molecule has 1 unspecified atom stereocenters. The molecule has 7 nitrogen and oxygen atoms in total. The zero-order valence-electron chi connectivity index (χ0n) is 21.7. The smallest absolute Gasteiger partial charge is 0.257 e. The lowest BCUT2D eigenvalue weighted by Gasteiger charge is -2.32. The van der Waals surface area contributed by atoms with Crippen molar-refractivity contribution < 1.29 is 24.6 Å². The molecule has 9 heteroatoms. The minimum absolute atomic E-state index is 0.0160. The lowest BCUT2D eigenvalue weighted by molar-refractivity contribution is 0.129. The molecule has 0 saturated carbocycles. The summed E-state index contributed by atoms with van der Waals surface area (Å²) in [4.78, 5) is 18.8. The SMILES string of the molecule is [2H]C([2H])(c1c(C)nc2n(c1=O)CCCC2O)C([2H])([2H])N1CCC(/C(=N/O)c2ccc(F)cc2F)CC1. The van der Waals surface area contributed by atoms with Crippen molar-refractivity contribution in [2.45, 2.75) is 51.6 Å². The fourth-order valence-electron chi connectivity index (χ4n) is 4.32. The molecule has 0 spiro atoms. The maximum Gasteiger partial charge on any atom is 0.257 e. The van der Waals surface area contributed by atoms with Crippen LogP contribution in [0.2, 0.25) is 0 Å². The fourth-order valence-corrected chi connectivity index (χ4v) is 4.32. The maximum absolute atomic E-state index is 14.3. The van der Waals surface area contributed by atoms with Crippen molar-refractivity contribution in [3.05, 3.63) is 62.8 Å². The molecule has 2 aromatic rings. The van der Waals surface area contributed by atoms with Crippen molar-refractivity contribution in [1.82, 2.24) is 14.5 Å². The fraction of sp³-hybridized carbons (Fsp3) is 0.522. The molecule has 32 heavy (non-hydrogen) atoms. The number of benzene rings is 1. The highest BCUT2D eigenvalue weighted by atomic mass is 19.1.